The molecule has 1 unspecified atom stereocenters. The summed E-state index contributed by atoms with van der Waals surface area (Å²) >= 11 is 0. The highest BCUT2D eigenvalue weighted by Gasteiger charge is 2.20. The molecule has 0 saturated heterocycles. The molecule has 1 rings (SSSR count). The summed E-state index contributed by atoms with van der Waals surface area (Å²) in [6.45, 7) is 1.99. The summed E-state index contributed by atoms with van der Waals surface area (Å²) in [5.74, 6) is -0.740. The fraction of sp³-hybridized carbons (Fsp3) is 0.500. The zero-order valence-electron chi connectivity index (χ0n) is 10.5. The Labute approximate surface area is 105 Å². The van der Waals surface area contributed by atoms with E-state index < -0.39 is 10.7 Å². The maximum Gasteiger partial charge on any atom is 0.275 e. The van der Waals surface area contributed by atoms with Gasteiger partial charge in [0, 0.05) is 11.6 Å². The van der Waals surface area contributed by atoms with Gasteiger partial charge in [-0.15, -0.1) is 0 Å². The number of hydrogen-bond acceptors (Lipinski definition) is 4. The van der Waals surface area contributed by atoms with Crippen LogP contribution in [0.4, 0.5) is 10.1 Å². The van der Waals surface area contributed by atoms with E-state index in [1.54, 1.807) is 0 Å². The molecule has 0 spiro atoms. The summed E-state index contributed by atoms with van der Waals surface area (Å²) in [7, 11) is 1.32. The third kappa shape index (κ3) is 3.40. The number of hydrogen-bond donors (Lipinski definition) is 1. The lowest BCUT2D eigenvalue weighted by Gasteiger charge is -2.12. The van der Waals surface area contributed by atoms with E-state index in [4.69, 9.17) is 10.5 Å². The molecule has 6 heteroatoms. The number of nitro benzene ring substituents is 1. The molecule has 0 radical (unpaired) electrons. The Morgan fingerprint density at radius 1 is 1.56 bits per heavy atom. The number of benzene rings is 1. The van der Waals surface area contributed by atoms with Crippen LogP contribution in [0.25, 0.3) is 0 Å². The number of nitro groups is 1. The van der Waals surface area contributed by atoms with Crippen LogP contribution in [-0.2, 0) is 6.42 Å². The fourth-order valence-electron chi connectivity index (χ4n) is 1.83. The molecule has 0 heterocycles. The first kappa shape index (κ1) is 14.4. The average molecular weight is 256 g/mol. The van der Waals surface area contributed by atoms with Gasteiger partial charge in [-0.1, -0.05) is 13.3 Å². The van der Waals surface area contributed by atoms with Crippen LogP contribution < -0.4 is 10.5 Å². The Hall–Kier alpha value is -1.69. The minimum absolute atomic E-state index is 0.000650. The highest BCUT2D eigenvalue weighted by molar-refractivity contribution is 5.46. The largest absolute Gasteiger partial charge is 0.494 e. The third-order valence-electron chi connectivity index (χ3n) is 2.69. The van der Waals surface area contributed by atoms with Crippen LogP contribution in [0.2, 0.25) is 0 Å². The molecule has 0 fully saturated rings. The van der Waals surface area contributed by atoms with Gasteiger partial charge < -0.3 is 10.5 Å². The summed E-state index contributed by atoms with van der Waals surface area (Å²) in [5, 5.41) is 10.9. The topological polar surface area (TPSA) is 78.4 Å². The van der Waals surface area contributed by atoms with Gasteiger partial charge in [0.05, 0.1) is 18.1 Å². The summed E-state index contributed by atoms with van der Waals surface area (Å²) in [5.41, 5.74) is 6.01. The average Bonchev–Trinajstić information content (AvgIpc) is 2.30. The van der Waals surface area contributed by atoms with Crippen LogP contribution in [0.1, 0.15) is 25.3 Å². The molecule has 0 amide bonds. The highest BCUT2D eigenvalue weighted by Crippen LogP contribution is 2.28. The molecule has 2 N–H and O–H groups in total. The van der Waals surface area contributed by atoms with Crippen LogP contribution in [-0.4, -0.2) is 18.1 Å². The number of halogens is 1. The van der Waals surface area contributed by atoms with Crippen molar-refractivity contribution in [3.63, 3.8) is 0 Å². The normalized spacial score (nSPS) is 12.2. The van der Waals surface area contributed by atoms with Gasteiger partial charge in [-0.3, -0.25) is 10.1 Å². The molecule has 0 aliphatic rings. The number of rotatable bonds is 6. The number of ether oxygens (including phenoxy) is 1. The van der Waals surface area contributed by atoms with Crippen molar-refractivity contribution in [2.24, 2.45) is 5.73 Å². The number of methoxy groups -OCH3 is 1. The molecular weight excluding hydrogens is 239 g/mol. The van der Waals surface area contributed by atoms with Crippen molar-refractivity contribution >= 4 is 5.69 Å². The Morgan fingerprint density at radius 3 is 2.72 bits per heavy atom. The predicted molar refractivity (Wildman–Crippen MR) is 66.2 cm³/mol. The molecule has 1 aromatic carbocycles. The van der Waals surface area contributed by atoms with E-state index in [2.05, 4.69) is 0 Å². The second kappa shape index (κ2) is 6.30. The second-order valence-corrected chi connectivity index (χ2v) is 4.13. The van der Waals surface area contributed by atoms with E-state index in [9.17, 15) is 14.5 Å². The lowest BCUT2D eigenvalue weighted by molar-refractivity contribution is -0.385. The SMILES string of the molecule is CCCC(N)Cc1cc(OC)c(F)cc1[N+](=O)[O-]. The van der Waals surface area contributed by atoms with Gasteiger partial charge in [0.15, 0.2) is 11.6 Å². The monoisotopic (exact) mass is 256 g/mol. The van der Waals surface area contributed by atoms with Gasteiger partial charge in [0.2, 0.25) is 0 Å². The summed E-state index contributed by atoms with van der Waals surface area (Å²) < 4.78 is 18.2. The van der Waals surface area contributed by atoms with E-state index >= 15 is 0 Å². The van der Waals surface area contributed by atoms with Gasteiger partial charge in [-0.25, -0.2) is 4.39 Å². The molecule has 100 valence electrons. The Balaban J connectivity index is 3.10. The van der Waals surface area contributed by atoms with E-state index in [1.807, 2.05) is 6.92 Å². The van der Waals surface area contributed by atoms with Gasteiger partial charge in [-0.2, -0.15) is 0 Å². The third-order valence-corrected chi connectivity index (χ3v) is 2.69. The van der Waals surface area contributed by atoms with E-state index in [-0.39, 0.29) is 17.5 Å². The fourth-order valence-corrected chi connectivity index (χ4v) is 1.83. The molecule has 1 aromatic rings. The highest BCUT2D eigenvalue weighted by atomic mass is 19.1. The van der Waals surface area contributed by atoms with Crippen LogP contribution in [0, 0.1) is 15.9 Å². The summed E-state index contributed by atoms with van der Waals surface area (Å²) in [6.07, 6.45) is 1.99. The molecular formula is C12H17FN2O3. The van der Waals surface area contributed by atoms with Crippen molar-refractivity contribution in [1.82, 2.24) is 0 Å². The molecule has 18 heavy (non-hydrogen) atoms. The number of nitrogens with zero attached hydrogens (tertiary/aromatic N) is 1. The van der Waals surface area contributed by atoms with Crippen LogP contribution >= 0.6 is 0 Å². The second-order valence-electron chi connectivity index (χ2n) is 4.13. The van der Waals surface area contributed by atoms with E-state index in [0.717, 1.165) is 18.9 Å². The zero-order chi connectivity index (χ0) is 13.7. The maximum atomic E-state index is 13.4. The van der Waals surface area contributed by atoms with Gasteiger partial charge in [-0.05, 0) is 18.9 Å². The Kier molecular flexibility index (Phi) is 5.03. The standard InChI is InChI=1S/C12H17FN2O3/c1-3-4-9(14)5-8-6-12(18-2)10(13)7-11(8)15(16)17/h6-7,9H,3-5,14H2,1-2H3. The Morgan fingerprint density at radius 2 is 2.22 bits per heavy atom. The van der Waals surface area contributed by atoms with Gasteiger partial charge >= 0.3 is 0 Å². The zero-order valence-corrected chi connectivity index (χ0v) is 10.5. The summed E-state index contributed by atoms with van der Waals surface area (Å²) in [6, 6.07) is 2.05. The minimum atomic E-state index is -0.739. The molecule has 0 saturated carbocycles. The van der Waals surface area contributed by atoms with Crippen molar-refractivity contribution in [2.75, 3.05) is 7.11 Å². The van der Waals surface area contributed by atoms with Gasteiger partial charge in [0.1, 0.15) is 0 Å². The van der Waals surface area contributed by atoms with Crippen molar-refractivity contribution in [1.29, 1.82) is 0 Å². The maximum absolute atomic E-state index is 13.4. The lowest BCUT2D eigenvalue weighted by Crippen LogP contribution is -2.22. The molecule has 0 bridgehead atoms. The lowest BCUT2D eigenvalue weighted by atomic mass is 10.0. The molecule has 0 aliphatic carbocycles. The van der Waals surface area contributed by atoms with Crippen LogP contribution in [0.3, 0.4) is 0 Å². The van der Waals surface area contributed by atoms with Crippen molar-refractivity contribution in [2.45, 2.75) is 32.2 Å². The smallest absolute Gasteiger partial charge is 0.275 e. The first-order valence-electron chi connectivity index (χ1n) is 5.76. The number of nitrogens with two attached hydrogens (primary N) is 1. The minimum Gasteiger partial charge on any atom is -0.494 e. The van der Waals surface area contributed by atoms with Gasteiger partial charge in [0.25, 0.3) is 5.69 Å². The first-order valence-corrected chi connectivity index (χ1v) is 5.76. The Bertz CT molecular complexity index is 438. The van der Waals surface area contributed by atoms with Crippen molar-refractivity contribution in [3.05, 3.63) is 33.6 Å². The quantitative estimate of drug-likeness (QED) is 0.626. The molecule has 1 atom stereocenters. The summed E-state index contributed by atoms with van der Waals surface area (Å²) in [4.78, 5) is 10.3. The molecule has 0 aromatic heterocycles. The molecule has 5 nitrogen and oxygen atoms in total. The predicted octanol–water partition coefficient (Wildman–Crippen LogP) is 2.41. The van der Waals surface area contributed by atoms with E-state index in [1.165, 1.54) is 13.2 Å². The van der Waals surface area contributed by atoms with Crippen LogP contribution in [0.5, 0.6) is 5.75 Å². The first-order chi connectivity index (χ1) is 8.49. The van der Waals surface area contributed by atoms with Crippen molar-refractivity contribution in [3.8, 4) is 5.75 Å². The molecule has 0 aliphatic heterocycles. The van der Waals surface area contributed by atoms with Crippen LogP contribution in [0.15, 0.2) is 12.1 Å². The van der Waals surface area contributed by atoms with Crippen molar-refractivity contribution < 1.29 is 14.1 Å². The van der Waals surface area contributed by atoms with E-state index in [0.29, 0.717) is 12.0 Å².